The number of primary amides is 1. The Kier molecular flexibility index (Phi) is 4.73. The van der Waals surface area contributed by atoms with Crippen molar-refractivity contribution in [2.75, 3.05) is 20.2 Å². The lowest BCUT2D eigenvalue weighted by Crippen LogP contribution is -2.38. The minimum atomic E-state index is -0.469. The quantitative estimate of drug-likeness (QED) is 0.542. The Morgan fingerprint density at radius 3 is 2.54 bits per heavy atom. The SMILES string of the molecule is COC(=N)N1CCC(c2nn(-c3ccccc3C(N)=O)c3ccccc23)CC1. The van der Waals surface area contributed by atoms with E-state index in [1.54, 1.807) is 12.1 Å². The molecule has 1 saturated heterocycles. The Bertz CT molecular complexity index is 1030. The first-order valence-electron chi connectivity index (χ1n) is 9.34. The molecule has 0 radical (unpaired) electrons. The Morgan fingerprint density at radius 1 is 1.14 bits per heavy atom. The number of nitrogens with two attached hydrogens (primary N) is 1. The molecule has 1 fully saturated rings. The van der Waals surface area contributed by atoms with Gasteiger partial charge in [-0.2, -0.15) is 5.10 Å². The number of hydrogen-bond donors (Lipinski definition) is 2. The van der Waals surface area contributed by atoms with Crippen molar-refractivity contribution in [2.24, 2.45) is 5.73 Å². The molecule has 7 heteroatoms. The Labute approximate surface area is 163 Å². The first kappa shape index (κ1) is 18.0. The van der Waals surface area contributed by atoms with Gasteiger partial charge in [0.2, 0.25) is 0 Å². The number of carbonyl (C=O) groups is 1. The number of hydrogen-bond acceptors (Lipinski definition) is 4. The third kappa shape index (κ3) is 3.09. The Hall–Kier alpha value is -3.35. The summed E-state index contributed by atoms with van der Waals surface area (Å²) in [6.45, 7) is 1.52. The fraction of sp³-hybridized carbons (Fsp3) is 0.286. The number of carbonyl (C=O) groups excluding carboxylic acids is 1. The number of benzene rings is 2. The molecule has 0 spiro atoms. The van der Waals surface area contributed by atoms with Crippen LogP contribution in [0.1, 0.15) is 34.8 Å². The second-order valence-corrected chi connectivity index (χ2v) is 6.97. The average Bonchev–Trinajstić information content (AvgIpc) is 3.13. The van der Waals surface area contributed by atoms with Crippen molar-refractivity contribution in [3.05, 3.63) is 59.8 Å². The smallest absolute Gasteiger partial charge is 0.284 e. The van der Waals surface area contributed by atoms with E-state index in [9.17, 15) is 4.79 Å². The summed E-state index contributed by atoms with van der Waals surface area (Å²) < 4.78 is 6.87. The zero-order chi connectivity index (χ0) is 19.7. The first-order valence-corrected chi connectivity index (χ1v) is 9.34. The number of amides is 1. The largest absolute Gasteiger partial charge is 0.469 e. The van der Waals surface area contributed by atoms with Gasteiger partial charge in [0.05, 0.1) is 29.6 Å². The van der Waals surface area contributed by atoms with E-state index in [0.717, 1.165) is 42.5 Å². The molecular weight excluding hydrogens is 354 g/mol. The highest BCUT2D eigenvalue weighted by molar-refractivity contribution is 5.97. The molecule has 3 aromatic rings. The maximum Gasteiger partial charge on any atom is 0.284 e. The van der Waals surface area contributed by atoms with Crippen LogP contribution in [0, 0.1) is 5.41 Å². The third-order valence-electron chi connectivity index (χ3n) is 5.38. The molecule has 1 aliphatic heterocycles. The maximum atomic E-state index is 11.9. The second kappa shape index (κ2) is 7.34. The number of nitrogens with one attached hydrogen (secondary N) is 1. The van der Waals surface area contributed by atoms with Crippen molar-refractivity contribution in [2.45, 2.75) is 18.8 Å². The lowest BCUT2D eigenvalue weighted by atomic mass is 9.92. The molecule has 2 heterocycles. The number of nitrogens with zero attached hydrogens (tertiary/aromatic N) is 3. The van der Waals surface area contributed by atoms with Crippen LogP contribution in [0.3, 0.4) is 0 Å². The summed E-state index contributed by atoms with van der Waals surface area (Å²) in [5, 5.41) is 13.9. The van der Waals surface area contributed by atoms with Gasteiger partial charge in [-0.15, -0.1) is 0 Å². The van der Waals surface area contributed by atoms with Crippen LogP contribution >= 0.6 is 0 Å². The summed E-state index contributed by atoms with van der Waals surface area (Å²) in [5.74, 6) is -0.184. The maximum absolute atomic E-state index is 11.9. The summed E-state index contributed by atoms with van der Waals surface area (Å²) in [6, 6.07) is 15.6. The van der Waals surface area contributed by atoms with E-state index in [-0.39, 0.29) is 11.9 Å². The molecule has 7 nitrogen and oxygen atoms in total. The number of fused-ring (bicyclic) bond motifs is 1. The fourth-order valence-electron chi connectivity index (χ4n) is 3.93. The lowest BCUT2D eigenvalue weighted by Gasteiger charge is -2.31. The highest BCUT2D eigenvalue weighted by Gasteiger charge is 2.27. The molecule has 28 heavy (non-hydrogen) atoms. The van der Waals surface area contributed by atoms with Gasteiger partial charge in [-0.25, -0.2) is 4.68 Å². The van der Waals surface area contributed by atoms with Crippen molar-refractivity contribution in [3.63, 3.8) is 0 Å². The van der Waals surface area contributed by atoms with Gasteiger partial charge in [-0.3, -0.25) is 10.2 Å². The summed E-state index contributed by atoms with van der Waals surface area (Å²) in [4.78, 5) is 13.9. The molecule has 1 aromatic heterocycles. The van der Waals surface area contributed by atoms with Crippen molar-refractivity contribution in [1.82, 2.24) is 14.7 Å². The molecule has 0 saturated carbocycles. The molecule has 3 N–H and O–H groups in total. The number of rotatable bonds is 3. The summed E-state index contributed by atoms with van der Waals surface area (Å²) in [7, 11) is 1.53. The van der Waals surface area contributed by atoms with Gasteiger partial charge in [0.1, 0.15) is 0 Å². The minimum Gasteiger partial charge on any atom is -0.469 e. The van der Waals surface area contributed by atoms with Crippen molar-refractivity contribution in [3.8, 4) is 5.69 Å². The number of aromatic nitrogens is 2. The predicted octanol–water partition coefficient (Wildman–Crippen LogP) is 2.88. The highest BCUT2D eigenvalue weighted by atomic mass is 16.5. The van der Waals surface area contributed by atoms with E-state index in [4.69, 9.17) is 21.0 Å². The fourth-order valence-corrected chi connectivity index (χ4v) is 3.93. The van der Waals surface area contributed by atoms with E-state index in [0.29, 0.717) is 11.3 Å². The van der Waals surface area contributed by atoms with E-state index in [2.05, 4.69) is 6.07 Å². The third-order valence-corrected chi connectivity index (χ3v) is 5.38. The molecule has 0 unspecified atom stereocenters. The van der Waals surface area contributed by atoms with Crippen molar-refractivity contribution < 1.29 is 9.53 Å². The van der Waals surface area contributed by atoms with Crippen LogP contribution in [0.25, 0.3) is 16.6 Å². The van der Waals surface area contributed by atoms with Crippen LogP contribution in [0.15, 0.2) is 48.5 Å². The van der Waals surface area contributed by atoms with Crippen LogP contribution in [-0.2, 0) is 4.74 Å². The molecule has 1 aliphatic rings. The molecule has 0 aliphatic carbocycles. The number of amidine groups is 1. The van der Waals surface area contributed by atoms with Gasteiger partial charge < -0.3 is 15.4 Å². The first-order chi connectivity index (χ1) is 13.6. The summed E-state index contributed by atoms with van der Waals surface area (Å²) in [5.41, 5.74) is 8.71. The molecule has 4 rings (SSSR count). The van der Waals surface area contributed by atoms with Crippen molar-refractivity contribution in [1.29, 1.82) is 5.41 Å². The number of para-hydroxylation sites is 2. The van der Waals surface area contributed by atoms with Gasteiger partial charge in [-0.05, 0) is 31.0 Å². The highest BCUT2D eigenvalue weighted by Crippen LogP contribution is 2.34. The van der Waals surface area contributed by atoms with E-state index >= 15 is 0 Å². The van der Waals surface area contributed by atoms with Crippen LogP contribution in [0.5, 0.6) is 0 Å². The van der Waals surface area contributed by atoms with Crippen LogP contribution < -0.4 is 5.73 Å². The minimum absolute atomic E-state index is 0.212. The normalized spacial score (nSPS) is 15.0. The van der Waals surface area contributed by atoms with Gasteiger partial charge in [0.25, 0.3) is 11.9 Å². The summed E-state index contributed by atoms with van der Waals surface area (Å²) >= 11 is 0. The molecule has 144 valence electrons. The number of likely N-dealkylation sites (tertiary alicyclic amines) is 1. The zero-order valence-electron chi connectivity index (χ0n) is 15.8. The molecule has 1 amide bonds. The number of ether oxygens (including phenoxy) is 1. The van der Waals surface area contributed by atoms with E-state index < -0.39 is 5.91 Å². The standard InChI is InChI=1S/C21H23N5O2/c1-28-21(23)25-12-10-14(11-13-25)19-15-6-2-4-8-17(15)26(24-19)18-9-5-3-7-16(18)20(22)27/h2-9,14,23H,10-13H2,1H3,(H2,22,27). The van der Waals surface area contributed by atoms with Crippen LogP contribution in [-0.4, -0.2) is 46.8 Å². The summed E-state index contributed by atoms with van der Waals surface area (Å²) in [6.07, 6.45) is 1.79. The van der Waals surface area contributed by atoms with Gasteiger partial charge in [-0.1, -0.05) is 30.3 Å². The van der Waals surface area contributed by atoms with Gasteiger partial charge in [0.15, 0.2) is 0 Å². The zero-order valence-corrected chi connectivity index (χ0v) is 15.8. The van der Waals surface area contributed by atoms with E-state index in [1.807, 2.05) is 39.9 Å². The van der Waals surface area contributed by atoms with Crippen LogP contribution in [0.2, 0.25) is 0 Å². The second-order valence-electron chi connectivity index (χ2n) is 6.97. The number of methoxy groups -OCH3 is 1. The Morgan fingerprint density at radius 2 is 1.82 bits per heavy atom. The van der Waals surface area contributed by atoms with E-state index in [1.165, 1.54) is 7.11 Å². The van der Waals surface area contributed by atoms with Gasteiger partial charge in [0, 0.05) is 24.4 Å². The Balaban J connectivity index is 1.75. The topological polar surface area (TPSA) is 97.2 Å². The lowest BCUT2D eigenvalue weighted by molar-refractivity contribution is 0.1000. The van der Waals surface area contributed by atoms with Crippen molar-refractivity contribution >= 4 is 22.8 Å². The molecular formula is C21H23N5O2. The number of piperidine rings is 1. The monoisotopic (exact) mass is 377 g/mol. The average molecular weight is 377 g/mol. The van der Waals surface area contributed by atoms with Gasteiger partial charge >= 0.3 is 0 Å². The van der Waals surface area contributed by atoms with Crippen LogP contribution in [0.4, 0.5) is 0 Å². The molecule has 2 aromatic carbocycles. The predicted molar refractivity (Wildman–Crippen MR) is 108 cm³/mol. The molecule has 0 atom stereocenters. The molecule has 0 bridgehead atoms.